The molecule has 0 aliphatic rings. The van der Waals surface area contributed by atoms with Crippen molar-refractivity contribution in [2.45, 2.75) is 26.7 Å². The van der Waals surface area contributed by atoms with Gasteiger partial charge in [-0.25, -0.2) is 0 Å². The Balaban J connectivity index is 3.12. The van der Waals surface area contributed by atoms with Crippen molar-refractivity contribution in [3.63, 3.8) is 0 Å². The number of unbranched alkanes of at least 4 members (excludes halogenated alkanes) is 1. The molecular formula is C14H23N3O. The predicted molar refractivity (Wildman–Crippen MR) is 76.4 cm³/mol. The zero-order valence-electron chi connectivity index (χ0n) is 11.2. The second-order valence-corrected chi connectivity index (χ2v) is 4.45. The second-order valence-electron chi connectivity index (χ2n) is 4.45. The summed E-state index contributed by atoms with van der Waals surface area (Å²) in [6.07, 6.45) is 2.16. The fourth-order valence-corrected chi connectivity index (χ4v) is 2.10. The molecule has 0 aliphatic carbocycles. The molecule has 0 heterocycles. The van der Waals surface area contributed by atoms with Gasteiger partial charge in [0.25, 0.3) is 0 Å². The molecule has 0 atom stereocenters. The van der Waals surface area contributed by atoms with Crippen LogP contribution in [0.4, 0.5) is 5.69 Å². The summed E-state index contributed by atoms with van der Waals surface area (Å²) in [5.74, 6) is 0.0770. The molecule has 4 heteroatoms. The van der Waals surface area contributed by atoms with Crippen LogP contribution in [0.1, 0.15) is 30.9 Å². The van der Waals surface area contributed by atoms with Gasteiger partial charge in [-0.05, 0) is 25.0 Å². The van der Waals surface area contributed by atoms with E-state index in [-0.39, 0.29) is 12.4 Å². The van der Waals surface area contributed by atoms with Crippen molar-refractivity contribution >= 4 is 11.5 Å². The zero-order valence-corrected chi connectivity index (χ0v) is 11.2. The molecule has 0 unspecified atom stereocenters. The van der Waals surface area contributed by atoms with Crippen molar-refractivity contribution in [3.05, 3.63) is 29.3 Å². The smallest absolute Gasteiger partial charge is 0.124 e. The average Bonchev–Trinajstić information content (AvgIpc) is 2.34. The van der Waals surface area contributed by atoms with Crippen LogP contribution in [0.25, 0.3) is 0 Å². The lowest BCUT2D eigenvalue weighted by Gasteiger charge is -2.28. The number of nitrogens with zero attached hydrogens (tertiary/aromatic N) is 1. The molecule has 0 saturated heterocycles. The maximum atomic E-state index is 9.19. The van der Waals surface area contributed by atoms with Crippen LogP contribution in [-0.4, -0.2) is 30.6 Å². The molecule has 1 aromatic carbocycles. The summed E-state index contributed by atoms with van der Waals surface area (Å²) < 4.78 is 0. The number of nitrogens with two attached hydrogens (primary N) is 1. The maximum Gasteiger partial charge on any atom is 0.124 e. The number of hydrogen-bond acceptors (Lipinski definition) is 3. The van der Waals surface area contributed by atoms with Crippen LogP contribution in [0.5, 0.6) is 0 Å². The normalized spacial score (nSPS) is 10.4. The highest BCUT2D eigenvalue weighted by atomic mass is 16.3. The van der Waals surface area contributed by atoms with Crippen molar-refractivity contribution in [1.29, 1.82) is 5.41 Å². The Morgan fingerprint density at radius 3 is 2.67 bits per heavy atom. The Bertz CT molecular complexity index is 404. The van der Waals surface area contributed by atoms with Crippen LogP contribution < -0.4 is 10.6 Å². The molecule has 0 saturated carbocycles. The van der Waals surface area contributed by atoms with Crippen LogP contribution >= 0.6 is 0 Å². The molecular weight excluding hydrogens is 226 g/mol. The lowest BCUT2D eigenvalue weighted by atomic mass is 10.1. The van der Waals surface area contributed by atoms with Gasteiger partial charge in [-0.1, -0.05) is 25.5 Å². The number of benzene rings is 1. The molecule has 1 rings (SSSR count). The molecule has 1 aromatic rings. The van der Waals surface area contributed by atoms with Gasteiger partial charge in [0, 0.05) is 18.7 Å². The van der Waals surface area contributed by atoms with Crippen molar-refractivity contribution in [1.82, 2.24) is 0 Å². The Hall–Kier alpha value is -1.55. The first-order valence-corrected chi connectivity index (χ1v) is 6.41. The number of nitrogen functional groups attached to an aromatic ring is 1. The summed E-state index contributed by atoms with van der Waals surface area (Å²) in [5.41, 5.74) is 8.46. The van der Waals surface area contributed by atoms with Crippen molar-refractivity contribution in [2.75, 3.05) is 24.6 Å². The van der Waals surface area contributed by atoms with Crippen LogP contribution in [-0.2, 0) is 0 Å². The third-order valence-corrected chi connectivity index (χ3v) is 3.00. The standard InChI is InChI=1S/C14H23N3O/c1-3-4-8-17(9-10-18)13-11(2)6-5-7-12(13)14(15)16/h5-7,18H,3-4,8-10H2,1-2H3,(H3,15,16). The Labute approximate surface area is 109 Å². The molecule has 0 radical (unpaired) electrons. The van der Waals surface area contributed by atoms with Gasteiger partial charge >= 0.3 is 0 Å². The van der Waals surface area contributed by atoms with E-state index in [9.17, 15) is 5.11 Å². The molecule has 0 bridgehead atoms. The molecule has 0 fully saturated rings. The van der Waals surface area contributed by atoms with Gasteiger partial charge in [0.1, 0.15) is 5.84 Å². The van der Waals surface area contributed by atoms with Gasteiger partial charge < -0.3 is 15.7 Å². The molecule has 0 aromatic heterocycles. The third-order valence-electron chi connectivity index (χ3n) is 3.00. The van der Waals surface area contributed by atoms with Crippen molar-refractivity contribution < 1.29 is 5.11 Å². The maximum absolute atomic E-state index is 9.19. The summed E-state index contributed by atoms with van der Waals surface area (Å²) in [6.45, 7) is 5.71. The SMILES string of the molecule is CCCCN(CCO)c1c(C)cccc1C(=N)N. The van der Waals surface area contributed by atoms with Gasteiger partial charge in [0.15, 0.2) is 0 Å². The predicted octanol–water partition coefficient (Wildman–Crippen LogP) is 1.88. The van der Waals surface area contributed by atoms with E-state index in [1.165, 1.54) is 0 Å². The summed E-state index contributed by atoms with van der Waals surface area (Å²) >= 11 is 0. The first-order chi connectivity index (χ1) is 8.61. The number of para-hydroxylation sites is 1. The number of rotatable bonds is 7. The average molecular weight is 249 g/mol. The van der Waals surface area contributed by atoms with E-state index in [1.54, 1.807) is 0 Å². The number of anilines is 1. The topological polar surface area (TPSA) is 73.3 Å². The monoisotopic (exact) mass is 249 g/mol. The van der Waals surface area contributed by atoms with E-state index >= 15 is 0 Å². The molecule has 4 nitrogen and oxygen atoms in total. The summed E-state index contributed by atoms with van der Waals surface area (Å²) in [4.78, 5) is 2.12. The summed E-state index contributed by atoms with van der Waals surface area (Å²) in [6, 6.07) is 5.78. The van der Waals surface area contributed by atoms with E-state index in [1.807, 2.05) is 25.1 Å². The van der Waals surface area contributed by atoms with Gasteiger partial charge in [-0.2, -0.15) is 0 Å². The Morgan fingerprint density at radius 1 is 1.39 bits per heavy atom. The third kappa shape index (κ3) is 3.47. The molecule has 4 N–H and O–H groups in total. The van der Waals surface area contributed by atoms with Gasteiger partial charge in [-0.3, -0.25) is 5.41 Å². The van der Waals surface area contributed by atoms with E-state index in [0.717, 1.165) is 36.2 Å². The highest BCUT2D eigenvalue weighted by Crippen LogP contribution is 2.25. The number of nitrogens with one attached hydrogen (secondary N) is 1. The van der Waals surface area contributed by atoms with Gasteiger partial charge in [0.2, 0.25) is 0 Å². The van der Waals surface area contributed by atoms with Gasteiger partial charge in [0.05, 0.1) is 12.3 Å². The van der Waals surface area contributed by atoms with E-state index < -0.39 is 0 Å². The lowest BCUT2D eigenvalue weighted by Crippen LogP contribution is -2.31. The number of aliphatic hydroxyl groups is 1. The number of hydrogen-bond donors (Lipinski definition) is 3. The van der Waals surface area contributed by atoms with Crippen molar-refractivity contribution in [2.24, 2.45) is 5.73 Å². The minimum atomic E-state index is 0.0770. The largest absolute Gasteiger partial charge is 0.395 e. The Morgan fingerprint density at radius 2 is 2.11 bits per heavy atom. The van der Waals surface area contributed by atoms with E-state index in [0.29, 0.717) is 6.54 Å². The quantitative estimate of drug-likeness (QED) is 0.510. The lowest BCUT2D eigenvalue weighted by molar-refractivity contribution is 0.301. The highest BCUT2D eigenvalue weighted by molar-refractivity contribution is 6.01. The van der Waals surface area contributed by atoms with Gasteiger partial charge in [-0.15, -0.1) is 0 Å². The number of amidine groups is 1. The highest BCUT2D eigenvalue weighted by Gasteiger charge is 2.14. The minimum Gasteiger partial charge on any atom is -0.395 e. The fourth-order valence-electron chi connectivity index (χ4n) is 2.10. The fraction of sp³-hybridized carbons (Fsp3) is 0.500. The van der Waals surface area contributed by atoms with E-state index in [4.69, 9.17) is 11.1 Å². The molecule has 100 valence electrons. The first-order valence-electron chi connectivity index (χ1n) is 6.41. The van der Waals surface area contributed by atoms with Crippen LogP contribution in [0, 0.1) is 12.3 Å². The van der Waals surface area contributed by atoms with Crippen LogP contribution in [0.3, 0.4) is 0 Å². The zero-order chi connectivity index (χ0) is 13.5. The summed E-state index contributed by atoms with van der Waals surface area (Å²) in [7, 11) is 0. The van der Waals surface area contributed by atoms with E-state index in [2.05, 4.69) is 11.8 Å². The molecule has 0 spiro atoms. The second kappa shape index (κ2) is 7.01. The molecule has 0 aliphatic heterocycles. The van der Waals surface area contributed by atoms with Crippen molar-refractivity contribution in [3.8, 4) is 0 Å². The summed E-state index contributed by atoms with van der Waals surface area (Å²) in [5, 5.41) is 16.9. The Kier molecular flexibility index (Phi) is 5.65. The first kappa shape index (κ1) is 14.5. The number of aliphatic hydroxyl groups excluding tert-OH is 1. The van der Waals surface area contributed by atoms with Crippen LogP contribution in [0.2, 0.25) is 0 Å². The van der Waals surface area contributed by atoms with Crippen LogP contribution in [0.15, 0.2) is 18.2 Å². The molecule has 0 amide bonds. The number of aryl methyl sites for hydroxylation is 1. The minimum absolute atomic E-state index is 0.0770. The molecule has 18 heavy (non-hydrogen) atoms.